The maximum atomic E-state index is 12.4. The topological polar surface area (TPSA) is 70.5 Å². The molecule has 2 heterocycles. The third-order valence-corrected chi connectivity index (χ3v) is 3.60. The molecule has 1 aromatic rings. The minimum atomic E-state index is -1.12. The molecule has 1 aliphatic rings. The highest BCUT2D eigenvalue weighted by atomic mass is 16.4. The number of carboxylic acid groups (broad SMARTS) is 1. The van der Waals surface area contributed by atoms with Crippen molar-refractivity contribution in [2.45, 2.75) is 32.7 Å². The van der Waals surface area contributed by atoms with Gasteiger partial charge in [-0.2, -0.15) is 0 Å². The first-order valence-electron chi connectivity index (χ1n) is 6.49. The lowest BCUT2D eigenvalue weighted by Crippen LogP contribution is -2.45. The Hall–Kier alpha value is -1.91. The summed E-state index contributed by atoms with van der Waals surface area (Å²) in [7, 11) is 0. The summed E-state index contributed by atoms with van der Waals surface area (Å²) in [6, 6.07) is 3.11. The molecule has 5 nitrogen and oxygen atoms in total. The van der Waals surface area contributed by atoms with E-state index >= 15 is 0 Å². The van der Waals surface area contributed by atoms with Gasteiger partial charge in [0.2, 0.25) is 0 Å². The van der Waals surface area contributed by atoms with Gasteiger partial charge in [-0.3, -0.25) is 4.79 Å². The van der Waals surface area contributed by atoms with E-state index in [0.29, 0.717) is 11.5 Å². The Kier molecular flexibility index (Phi) is 3.83. The zero-order chi connectivity index (χ0) is 14.0. The summed E-state index contributed by atoms with van der Waals surface area (Å²) in [4.78, 5) is 28.9. The molecule has 0 bridgehead atoms. The number of pyridine rings is 1. The molecule has 1 amide bonds. The Labute approximate surface area is 112 Å². The predicted octanol–water partition coefficient (Wildman–Crippen LogP) is 2.04. The first-order chi connectivity index (χ1) is 8.99. The highest BCUT2D eigenvalue weighted by Gasteiger charge is 2.27. The molecule has 5 heteroatoms. The van der Waals surface area contributed by atoms with Crippen molar-refractivity contribution in [3.63, 3.8) is 0 Å². The van der Waals surface area contributed by atoms with Crippen LogP contribution in [0.15, 0.2) is 18.3 Å². The molecule has 1 aliphatic heterocycles. The van der Waals surface area contributed by atoms with E-state index in [-0.39, 0.29) is 17.6 Å². The van der Waals surface area contributed by atoms with Gasteiger partial charge in [-0.25, -0.2) is 9.78 Å². The summed E-state index contributed by atoms with van der Waals surface area (Å²) in [5.74, 6) is -0.736. The second-order valence-corrected chi connectivity index (χ2v) is 5.22. The number of carbonyl (C=O) groups is 2. The van der Waals surface area contributed by atoms with Crippen LogP contribution in [0.3, 0.4) is 0 Å². The third-order valence-electron chi connectivity index (χ3n) is 3.60. The number of carbonyl (C=O) groups excluding carboxylic acids is 1. The summed E-state index contributed by atoms with van der Waals surface area (Å²) in [5.41, 5.74) is 0.303. The Balaban J connectivity index is 2.23. The van der Waals surface area contributed by atoms with Crippen LogP contribution >= 0.6 is 0 Å². The molecule has 1 N–H and O–H groups in total. The highest BCUT2D eigenvalue weighted by Crippen LogP contribution is 2.23. The molecule has 0 spiro atoms. The van der Waals surface area contributed by atoms with E-state index in [9.17, 15) is 9.59 Å². The Bertz CT molecular complexity index is 501. The fourth-order valence-electron chi connectivity index (χ4n) is 2.42. The molecule has 0 saturated carbocycles. The van der Waals surface area contributed by atoms with Crippen LogP contribution in [0.1, 0.15) is 47.5 Å². The van der Waals surface area contributed by atoms with Crippen LogP contribution < -0.4 is 0 Å². The summed E-state index contributed by atoms with van der Waals surface area (Å²) in [5, 5.41) is 8.91. The van der Waals surface area contributed by atoms with E-state index in [1.807, 2.05) is 11.8 Å². The number of aromatic carboxylic acids is 1. The van der Waals surface area contributed by atoms with Crippen molar-refractivity contribution < 1.29 is 14.7 Å². The molecule has 2 rings (SSSR count). The minimum absolute atomic E-state index is 0.0939. The molecule has 0 radical (unpaired) electrons. The van der Waals surface area contributed by atoms with Crippen molar-refractivity contribution in [2.75, 3.05) is 6.54 Å². The van der Waals surface area contributed by atoms with Gasteiger partial charge in [-0.05, 0) is 37.8 Å². The average molecular weight is 262 g/mol. The van der Waals surface area contributed by atoms with Crippen LogP contribution in [0.25, 0.3) is 0 Å². The van der Waals surface area contributed by atoms with Crippen molar-refractivity contribution in [3.05, 3.63) is 29.6 Å². The summed E-state index contributed by atoms with van der Waals surface area (Å²) in [6.45, 7) is 4.88. The second-order valence-electron chi connectivity index (χ2n) is 5.22. The van der Waals surface area contributed by atoms with Gasteiger partial charge in [0.25, 0.3) is 5.91 Å². The molecule has 1 saturated heterocycles. The van der Waals surface area contributed by atoms with Gasteiger partial charge in [0.1, 0.15) is 5.69 Å². The molecule has 19 heavy (non-hydrogen) atoms. The fourth-order valence-corrected chi connectivity index (χ4v) is 2.42. The lowest BCUT2D eigenvalue weighted by atomic mass is 9.94. The second kappa shape index (κ2) is 5.38. The maximum Gasteiger partial charge on any atom is 0.354 e. The molecule has 1 fully saturated rings. The predicted molar refractivity (Wildman–Crippen MR) is 70.1 cm³/mol. The monoisotopic (exact) mass is 262 g/mol. The van der Waals surface area contributed by atoms with E-state index in [0.717, 1.165) is 19.4 Å². The quantitative estimate of drug-likeness (QED) is 0.885. The van der Waals surface area contributed by atoms with E-state index in [1.54, 1.807) is 6.07 Å². The van der Waals surface area contributed by atoms with Crippen molar-refractivity contribution >= 4 is 11.9 Å². The fraction of sp³-hybridized carbons (Fsp3) is 0.500. The molecule has 2 atom stereocenters. The number of amides is 1. The van der Waals surface area contributed by atoms with Crippen molar-refractivity contribution in [2.24, 2.45) is 5.92 Å². The summed E-state index contributed by atoms with van der Waals surface area (Å²) in [6.07, 6.45) is 3.49. The zero-order valence-electron chi connectivity index (χ0n) is 11.2. The van der Waals surface area contributed by atoms with Crippen molar-refractivity contribution in [1.29, 1.82) is 0 Å². The van der Waals surface area contributed by atoms with Gasteiger partial charge in [0, 0.05) is 24.3 Å². The van der Waals surface area contributed by atoms with Crippen molar-refractivity contribution in [1.82, 2.24) is 9.88 Å². The van der Waals surface area contributed by atoms with Gasteiger partial charge in [0.05, 0.1) is 0 Å². The van der Waals surface area contributed by atoms with E-state index < -0.39 is 5.97 Å². The molecule has 2 unspecified atom stereocenters. The van der Waals surface area contributed by atoms with E-state index in [2.05, 4.69) is 11.9 Å². The number of carboxylic acids is 1. The highest BCUT2D eigenvalue weighted by molar-refractivity contribution is 5.96. The number of piperidine rings is 1. The average Bonchev–Trinajstić information content (AvgIpc) is 2.41. The first kappa shape index (κ1) is 13.5. The molecule has 0 aromatic carbocycles. The SMILES string of the molecule is CC1CCC(C)N(C(=O)c2ccnc(C(=O)O)c2)C1. The molecule has 102 valence electrons. The van der Waals surface area contributed by atoms with Crippen LogP contribution in [-0.2, 0) is 0 Å². The smallest absolute Gasteiger partial charge is 0.354 e. The third kappa shape index (κ3) is 2.92. The summed E-state index contributed by atoms with van der Waals surface area (Å²) < 4.78 is 0. The zero-order valence-corrected chi connectivity index (χ0v) is 11.2. The Morgan fingerprint density at radius 3 is 2.79 bits per heavy atom. The Morgan fingerprint density at radius 2 is 2.11 bits per heavy atom. The normalized spacial score (nSPS) is 23.2. The molecule has 1 aromatic heterocycles. The van der Waals surface area contributed by atoms with Gasteiger partial charge < -0.3 is 10.0 Å². The first-order valence-corrected chi connectivity index (χ1v) is 6.49. The van der Waals surface area contributed by atoms with Crippen LogP contribution in [-0.4, -0.2) is 39.5 Å². The minimum Gasteiger partial charge on any atom is -0.477 e. The lowest BCUT2D eigenvalue weighted by Gasteiger charge is -2.36. The van der Waals surface area contributed by atoms with Crippen LogP contribution in [0, 0.1) is 5.92 Å². The molecular weight excluding hydrogens is 244 g/mol. The maximum absolute atomic E-state index is 12.4. The van der Waals surface area contributed by atoms with Crippen LogP contribution in [0.4, 0.5) is 0 Å². The van der Waals surface area contributed by atoms with Crippen molar-refractivity contribution in [3.8, 4) is 0 Å². The number of nitrogens with zero attached hydrogens (tertiary/aromatic N) is 2. The molecule has 0 aliphatic carbocycles. The number of hydrogen-bond acceptors (Lipinski definition) is 3. The number of rotatable bonds is 2. The van der Waals surface area contributed by atoms with Crippen LogP contribution in [0.2, 0.25) is 0 Å². The lowest BCUT2D eigenvalue weighted by molar-refractivity contribution is 0.0574. The molecular formula is C14H18N2O3. The number of aromatic nitrogens is 1. The van der Waals surface area contributed by atoms with Gasteiger partial charge in [-0.1, -0.05) is 6.92 Å². The van der Waals surface area contributed by atoms with Crippen LogP contribution in [0.5, 0.6) is 0 Å². The van der Waals surface area contributed by atoms with Gasteiger partial charge in [0.15, 0.2) is 0 Å². The largest absolute Gasteiger partial charge is 0.477 e. The van der Waals surface area contributed by atoms with Gasteiger partial charge in [-0.15, -0.1) is 0 Å². The van der Waals surface area contributed by atoms with Gasteiger partial charge >= 0.3 is 5.97 Å². The van der Waals surface area contributed by atoms with E-state index in [1.165, 1.54) is 12.3 Å². The Morgan fingerprint density at radius 1 is 1.37 bits per heavy atom. The number of hydrogen-bond donors (Lipinski definition) is 1. The van der Waals surface area contributed by atoms with E-state index in [4.69, 9.17) is 5.11 Å². The summed E-state index contributed by atoms with van der Waals surface area (Å²) >= 11 is 0. The standard InChI is InChI=1S/C14H18N2O3/c1-9-3-4-10(2)16(8-9)13(17)11-5-6-15-12(7-11)14(18)19/h5-7,9-10H,3-4,8H2,1-2H3,(H,18,19). The number of likely N-dealkylation sites (tertiary alicyclic amines) is 1.